The molecule has 0 aliphatic carbocycles. The van der Waals surface area contributed by atoms with Crippen LogP contribution in [0.3, 0.4) is 0 Å². The van der Waals surface area contributed by atoms with Crippen LogP contribution in [0.5, 0.6) is 11.5 Å². The zero-order valence-corrected chi connectivity index (χ0v) is 11.7. The number of carbonyl (C=O) groups is 1. The maximum absolute atomic E-state index is 10.7. The fourth-order valence-electron chi connectivity index (χ4n) is 1.74. The summed E-state index contributed by atoms with van der Waals surface area (Å²) in [6.07, 6.45) is 0.930. The number of phenols is 2. The Bertz CT molecular complexity index is 659. The lowest BCUT2D eigenvalue weighted by atomic mass is 10.1. The van der Waals surface area contributed by atoms with Crippen LogP contribution >= 0.6 is 23.2 Å². The van der Waals surface area contributed by atoms with Crippen LogP contribution in [0.25, 0.3) is 0 Å². The lowest BCUT2D eigenvalue weighted by molar-refractivity contribution is -0.107. The van der Waals surface area contributed by atoms with Gasteiger partial charge in [-0.25, -0.2) is 0 Å². The third kappa shape index (κ3) is 2.98. The third-order valence-electron chi connectivity index (χ3n) is 2.73. The molecule has 0 spiro atoms. The summed E-state index contributed by atoms with van der Waals surface area (Å²) in [5.41, 5.74) is 1.48. The summed E-state index contributed by atoms with van der Waals surface area (Å²) in [6, 6.07) is 7.43. The standard InChI is InChI=1S/C14H11Cl2NO3/c15-10-3-4-12(20)13(16)14(10)17-11-7-9(19)2-1-8(11)5-6-18/h1-4,6-7,17,19-20H,5H2. The molecule has 0 amide bonds. The molecule has 0 heterocycles. The number of hydrogen-bond donors (Lipinski definition) is 3. The first-order valence-electron chi connectivity index (χ1n) is 5.72. The number of nitrogens with one attached hydrogen (secondary N) is 1. The molecule has 20 heavy (non-hydrogen) atoms. The number of aromatic hydroxyl groups is 2. The van der Waals surface area contributed by atoms with Crippen molar-refractivity contribution in [2.24, 2.45) is 0 Å². The Hall–Kier alpha value is -1.91. The molecule has 0 saturated carbocycles. The Morgan fingerprint density at radius 1 is 1.15 bits per heavy atom. The first-order valence-corrected chi connectivity index (χ1v) is 6.48. The van der Waals surface area contributed by atoms with Gasteiger partial charge in [-0.05, 0) is 23.8 Å². The molecule has 2 aromatic rings. The van der Waals surface area contributed by atoms with Crippen LogP contribution < -0.4 is 5.32 Å². The first-order chi connectivity index (χ1) is 9.52. The van der Waals surface area contributed by atoms with E-state index in [1.54, 1.807) is 6.07 Å². The van der Waals surface area contributed by atoms with E-state index in [1.807, 2.05) is 0 Å². The van der Waals surface area contributed by atoms with Crippen LogP contribution in [0.15, 0.2) is 30.3 Å². The van der Waals surface area contributed by atoms with Crippen molar-refractivity contribution in [1.29, 1.82) is 0 Å². The fourth-order valence-corrected chi connectivity index (χ4v) is 2.20. The molecule has 0 aliphatic rings. The number of hydrogen-bond acceptors (Lipinski definition) is 4. The zero-order chi connectivity index (χ0) is 14.7. The van der Waals surface area contributed by atoms with Crippen molar-refractivity contribution in [2.45, 2.75) is 6.42 Å². The molecule has 6 heteroatoms. The Morgan fingerprint density at radius 3 is 2.60 bits per heavy atom. The van der Waals surface area contributed by atoms with Gasteiger partial charge in [0.2, 0.25) is 0 Å². The molecule has 2 rings (SSSR count). The minimum atomic E-state index is -0.115. The molecule has 0 radical (unpaired) electrons. The van der Waals surface area contributed by atoms with Crippen molar-refractivity contribution in [3.8, 4) is 11.5 Å². The smallest absolute Gasteiger partial charge is 0.136 e. The molecule has 0 bridgehead atoms. The normalized spacial score (nSPS) is 10.3. The molecule has 2 aromatic carbocycles. The molecular formula is C14H11Cl2NO3. The molecule has 104 valence electrons. The highest BCUT2D eigenvalue weighted by atomic mass is 35.5. The van der Waals surface area contributed by atoms with Crippen molar-refractivity contribution in [1.82, 2.24) is 0 Å². The SMILES string of the molecule is O=CCc1ccc(O)cc1Nc1c(Cl)ccc(O)c1Cl. The van der Waals surface area contributed by atoms with E-state index in [4.69, 9.17) is 23.2 Å². The average molecular weight is 312 g/mol. The highest BCUT2D eigenvalue weighted by Gasteiger charge is 2.12. The first kappa shape index (κ1) is 14.5. The van der Waals surface area contributed by atoms with E-state index in [0.29, 0.717) is 22.0 Å². The van der Waals surface area contributed by atoms with Crippen molar-refractivity contribution >= 4 is 40.9 Å². The Balaban J connectivity index is 2.46. The van der Waals surface area contributed by atoms with Crippen molar-refractivity contribution < 1.29 is 15.0 Å². The van der Waals surface area contributed by atoms with Crippen LogP contribution in [-0.2, 0) is 11.2 Å². The molecule has 0 unspecified atom stereocenters. The topological polar surface area (TPSA) is 69.6 Å². The molecular weight excluding hydrogens is 301 g/mol. The van der Waals surface area contributed by atoms with Crippen LogP contribution in [0.2, 0.25) is 10.0 Å². The van der Waals surface area contributed by atoms with Gasteiger partial charge in [-0.1, -0.05) is 29.3 Å². The van der Waals surface area contributed by atoms with Crippen LogP contribution in [0.4, 0.5) is 11.4 Å². The summed E-state index contributed by atoms with van der Waals surface area (Å²) in [5, 5.41) is 22.4. The second kappa shape index (κ2) is 6.03. The second-order valence-electron chi connectivity index (χ2n) is 4.09. The lowest BCUT2D eigenvalue weighted by Gasteiger charge is -2.14. The van der Waals surface area contributed by atoms with Gasteiger partial charge in [0.15, 0.2) is 0 Å². The number of rotatable bonds is 4. The number of halogens is 2. The number of aldehydes is 1. The second-order valence-corrected chi connectivity index (χ2v) is 4.88. The minimum Gasteiger partial charge on any atom is -0.508 e. The maximum Gasteiger partial charge on any atom is 0.136 e. The molecule has 4 nitrogen and oxygen atoms in total. The molecule has 3 N–H and O–H groups in total. The van der Waals surface area contributed by atoms with Gasteiger partial charge in [0.1, 0.15) is 22.8 Å². The molecule has 0 aromatic heterocycles. The highest BCUT2D eigenvalue weighted by molar-refractivity contribution is 6.40. The lowest BCUT2D eigenvalue weighted by Crippen LogP contribution is -1.98. The van der Waals surface area contributed by atoms with Gasteiger partial charge in [0.05, 0.1) is 10.7 Å². The van der Waals surface area contributed by atoms with E-state index < -0.39 is 0 Å². The van der Waals surface area contributed by atoms with E-state index in [9.17, 15) is 15.0 Å². The number of anilines is 2. The predicted octanol–water partition coefficient (Wildman–Crippen LogP) is 3.89. The van der Waals surface area contributed by atoms with E-state index >= 15 is 0 Å². The van der Waals surface area contributed by atoms with Crippen molar-refractivity contribution in [3.05, 3.63) is 45.9 Å². The van der Waals surface area contributed by atoms with E-state index in [-0.39, 0.29) is 22.9 Å². The Kier molecular flexibility index (Phi) is 4.37. The summed E-state index contributed by atoms with van der Waals surface area (Å²) >= 11 is 12.0. The van der Waals surface area contributed by atoms with E-state index in [0.717, 1.165) is 6.29 Å². The van der Waals surface area contributed by atoms with Gasteiger partial charge in [-0.3, -0.25) is 0 Å². The van der Waals surface area contributed by atoms with Crippen LogP contribution in [0, 0.1) is 0 Å². The quantitative estimate of drug-likeness (QED) is 0.749. The van der Waals surface area contributed by atoms with Gasteiger partial charge in [-0.2, -0.15) is 0 Å². The molecule has 0 fully saturated rings. The van der Waals surface area contributed by atoms with Gasteiger partial charge in [-0.15, -0.1) is 0 Å². The average Bonchev–Trinajstić information content (AvgIpc) is 2.42. The van der Waals surface area contributed by atoms with Crippen molar-refractivity contribution in [3.63, 3.8) is 0 Å². The van der Waals surface area contributed by atoms with Crippen molar-refractivity contribution in [2.75, 3.05) is 5.32 Å². The Labute approximate surface area is 125 Å². The molecule has 0 saturated heterocycles. The molecule has 0 atom stereocenters. The summed E-state index contributed by atoms with van der Waals surface area (Å²) in [6.45, 7) is 0. The predicted molar refractivity (Wildman–Crippen MR) is 79.3 cm³/mol. The van der Waals surface area contributed by atoms with E-state index in [1.165, 1.54) is 24.3 Å². The highest BCUT2D eigenvalue weighted by Crippen LogP contribution is 2.39. The number of carbonyl (C=O) groups excluding carboxylic acids is 1. The van der Waals surface area contributed by atoms with Crippen LogP contribution in [0.1, 0.15) is 5.56 Å². The summed E-state index contributed by atoms with van der Waals surface area (Å²) in [4.78, 5) is 10.7. The fraction of sp³-hybridized carbons (Fsp3) is 0.0714. The Morgan fingerprint density at radius 2 is 1.90 bits per heavy atom. The van der Waals surface area contributed by atoms with Crippen LogP contribution in [-0.4, -0.2) is 16.5 Å². The number of phenolic OH excluding ortho intramolecular Hbond substituents is 2. The summed E-state index contributed by atoms with van der Waals surface area (Å²) in [7, 11) is 0. The zero-order valence-electron chi connectivity index (χ0n) is 10.2. The number of benzene rings is 2. The summed E-state index contributed by atoms with van der Waals surface area (Å²) < 4.78 is 0. The van der Waals surface area contributed by atoms with E-state index in [2.05, 4.69) is 5.32 Å². The van der Waals surface area contributed by atoms with Gasteiger partial charge < -0.3 is 20.3 Å². The van der Waals surface area contributed by atoms with Gasteiger partial charge in [0, 0.05) is 18.2 Å². The largest absolute Gasteiger partial charge is 0.508 e. The summed E-state index contributed by atoms with van der Waals surface area (Å²) in [5.74, 6) is -0.0785. The van der Waals surface area contributed by atoms with Gasteiger partial charge in [0.25, 0.3) is 0 Å². The third-order valence-corrected chi connectivity index (χ3v) is 3.42. The maximum atomic E-state index is 10.7. The minimum absolute atomic E-state index is 0.0366. The molecule has 0 aliphatic heterocycles. The van der Waals surface area contributed by atoms with Gasteiger partial charge >= 0.3 is 0 Å². The monoisotopic (exact) mass is 311 g/mol.